The van der Waals surface area contributed by atoms with Crippen molar-refractivity contribution in [2.24, 2.45) is 0 Å². The number of hydrogen-bond donors (Lipinski definition) is 2. The van der Waals surface area contributed by atoms with E-state index in [1.165, 1.54) is 12.8 Å². The normalized spacial score (nSPS) is 14.6. The molecule has 0 unspecified atom stereocenters. The second-order valence-corrected chi connectivity index (χ2v) is 8.33. The summed E-state index contributed by atoms with van der Waals surface area (Å²) >= 11 is 0. The van der Waals surface area contributed by atoms with Crippen LogP contribution < -0.4 is 14.9 Å². The van der Waals surface area contributed by atoms with Crippen LogP contribution in [-0.4, -0.2) is 44.8 Å². The molecule has 1 aliphatic heterocycles. The van der Waals surface area contributed by atoms with Crippen LogP contribution in [0, 0.1) is 13.8 Å². The van der Waals surface area contributed by atoms with E-state index in [0.717, 1.165) is 29.9 Å². The monoisotopic (exact) mass is 375 g/mol. The number of sulfonamides is 1. The van der Waals surface area contributed by atoms with E-state index < -0.39 is 10.0 Å². The van der Waals surface area contributed by atoms with E-state index in [-0.39, 0.29) is 11.4 Å². The van der Waals surface area contributed by atoms with Gasteiger partial charge in [0.05, 0.1) is 16.8 Å². The molecular formula is C18H25N5O2S. The lowest BCUT2D eigenvalue weighted by atomic mass is 10.1. The molecule has 8 heteroatoms. The molecule has 0 amide bonds. The zero-order chi connectivity index (χ0) is 18.6. The Labute approximate surface area is 154 Å². The maximum Gasteiger partial charge on any atom is 0.240 e. The van der Waals surface area contributed by atoms with E-state index in [1.54, 1.807) is 18.3 Å². The minimum Gasteiger partial charge on any atom is -0.370 e. The Kier molecular flexibility index (Phi) is 5.73. The van der Waals surface area contributed by atoms with Crippen molar-refractivity contribution in [3.8, 4) is 0 Å². The molecule has 3 rings (SSSR count). The number of hydrogen-bond acceptors (Lipinski definition) is 6. The molecule has 1 fully saturated rings. The van der Waals surface area contributed by atoms with Crippen LogP contribution in [0.4, 0.5) is 11.5 Å². The molecule has 0 atom stereocenters. The molecule has 0 radical (unpaired) electrons. The van der Waals surface area contributed by atoms with Gasteiger partial charge in [0.25, 0.3) is 0 Å². The Bertz CT molecular complexity index is 864. The van der Waals surface area contributed by atoms with E-state index in [9.17, 15) is 8.42 Å². The van der Waals surface area contributed by atoms with Crippen molar-refractivity contribution in [1.82, 2.24) is 14.9 Å². The maximum absolute atomic E-state index is 12.4. The Morgan fingerprint density at radius 1 is 1.08 bits per heavy atom. The van der Waals surface area contributed by atoms with Crippen LogP contribution in [-0.2, 0) is 10.0 Å². The number of anilines is 2. The second kappa shape index (κ2) is 8.01. The molecular weight excluding hydrogens is 350 g/mol. The average molecular weight is 375 g/mol. The average Bonchev–Trinajstić information content (AvgIpc) is 3.16. The second-order valence-electron chi connectivity index (χ2n) is 6.56. The van der Waals surface area contributed by atoms with Crippen molar-refractivity contribution in [2.75, 3.05) is 36.4 Å². The SMILES string of the molecule is Cc1ccc(S(=O)(=O)NCCNc2cc(N3CCCC3)cnn2)cc1C. The summed E-state index contributed by atoms with van der Waals surface area (Å²) in [6.45, 7) is 6.65. The van der Waals surface area contributed by atoms with Crippen molar-refractivity contribution < 1.29 is 8.42 Å². The molecule has 2 aromatic rings. The van der Waals surface area contributed by atoms with E-state index >= 15 is 0 Å². The van der Waals surface area contributed by atoms with Crippen LogP contribution in [0.15, 0.2) is 35.4 Å². The predicted octanol–water partition coefficient (Wildman–Crippen LogP) is 2.08. The molecule has 7 nitrogen and oxygen atoms in total. The van der Waals surface area contributed by atoms with Crippen molar-refractivity contribution in [2.45, 2.75) is 31.6 Å². The fraction of sp³-hybridized carbons (Fsp3) is 0.444. The number of aromatic nitrogens is 2. The van der Waals surface area contributed by atoms with Gasteiger partial charge in [-0.3, -0.25) is 0 Å². The molecule has 0 saturated carbocycles. The smallest absolute Gasteiger partial charge is 0.240 e. The van der Waals surface area contributed by atoms with Gasteiger partial charge in [-0.05, 0) is 49.9 Å². The molecule has 2 heterocycles. The maximum atomic E-state index is 12.4. The van der Waals surface area contributed by atoms with E-state index in [1.807, 2.05) is 26.0 Å². The van der Waals surface area contributed by atoms with Gasteiger partial charge in [0.15, 0.2) is 5.82 Å². The summed E-state index contributed by atoms with van der Waals surface area (Å²) in [5.41, 5.74) is 3.08. The zero-order valence-corrected chi connectivity index (χ0v) is 16.0. The summed E-state index contributed by atoms with van der Waals surface area (Å²) in [5, 5.41) is 11.2. The molecule has 1 saturated heterocycles. The van der Waals surface area contributed by atoms with E-state index in [4.69, 9.17) is 0 Å². The van der Waals surface area contributed by atoms with Crippen LogP contribution in [0.1, 0.15) is 24.0 Å². The lowest BCUT2D eigenvalue weighted by molar-refractivity contribution is 0.582. The Morgan fingerprint density at radius 3 is 2.58 bits per heavy atom. The highest BCUT2D eigenvalue weighted by Crippen LogP contribution is 2.20. The minimum absolute atomic E-state index is 0.269. The molecule has 26 heavy (non-hydrogen) atoms. The van der Waals surface area contributed by atoms with Crippen molar-refractivity contribution >= 4 is 21.5 Å². The highest BCUT2D eigenvalue weighted by atomic mass is 32.2. The van der Waals surface area contributed by atoms with Crippen LogP contribution in [0.25, 0.3) is 0 Å². The molecule has 1 aliphatic rings. The van der Waals surface area contributed by atoms with Gasteiger partial charge in [0, 0.05) is 32.2 Å². The summed E-state index contributed by atoms with van der Waals surface area (Å²) in [4.78, 5) is 2.57. The Morgan fingerprint density at radius 2 is 1.85 bits per heavy atom. The third-order valence-corrected chi connectivity index (χ3v) is 6.08. The first-order chi connectivity index (χ1) is 12.5. The number of aryl methyl sites for hydroxylation is 2. The number of nitrogens with one attached hydrogen (secondary N) is 2. The van der Waals surface area contributed by atoms with Crippen molar-refractivity contribution in [3.63, 3.8) is 0 Å². The molecule has 140 valence electrons. The number of rotatable bonds is 7. The largest absolute Gasteiger partial charge is 0.370 e. The molecule has 0 spiro atoms. The molecule has 1 aromatic heterocycles. The lowest BCUT2D eigenvalue weighted by Crippen LogP contribution is -2.29. The third kappa shape index (κ3) is 4.50. The summed E-state index contributed by atoms with van der Waals surface area (Å²) in [7, 11) is -3.51. The van der Waals surface area contributed by atoms with Gasteiger partial charge in [-0.15, -0.1) is 5.10 Å². The minimum atomic E-state index is -3.51. The predicted molar refractivity (Wildman–Crippen MR) is 103 cm³/mol. The molecule has 2 N–H and O–H groups in total. The van der Waals surface area contributed by atoms with Gasteiger partial charge in [-0.2, -0.15) is 5.10 Å². The summed E-state index contributed by atoms with van der Waals surface area (Å²) in [6, 6.07) is 7.09. The lowest BCUT2D eigenvalue weighted by Gasteiger charge is -2.17. The fourth-order valence-corrected chi connectivity index (χ4v) is 4.05. The molecule has 1 aromatic carbocycles. The van der Waals surface area contributed by atoms with Crippen molar-refractivity contribution in [1.29, 1.82) is 0 Å². The fourth-order valence-electron chi connectivity index (χ4n) is 2.93. The van der Waals surface area contributed by atoms with Gasteiger partial charge in [-0.25, -0.2) is 13.1 Å². The van der Waals surface area contributed by atoms with Crippen LogP contribution in [0.3, 0.4) is 0 Å². The van der Waals surface area contributed by atoms with E-state index in [0.29, 0.717) is 12.4 Å². The Balaban J connectivity index is 1.53. The first-order valence-corrected chi connectivity index (χ1v) is 10.3. The van der Waals surface area contributed by atoms with E-state index in [2.05, 4.69) is 25.1 Å². The van der Waals surface area contributed by atoms with Gasteiger partial charge in [-0.1, -0.05) is 6.07 Å². The highest BCUT2D eigenvalue weighted by molar-refractivity contribution is 7.89. The first kappa shape index (κ1) is 18.6. The highest BCUT2D eigenvalue weighted by Gasteiger charge is 2.15. The van der Waals surface area contributed by atoms with Crippen molar-refractivity contribution in [3.05, 3.63) is 41.6 Å². The van der Waals surface area contributed by atoms with Gasteiger partial charge >= 0.3 is 0 Å². The topological polar surface area (TPSA) is 87.2 Å². The summed E-state index contributed by atoms with van der Waals surface area (Å²) < 4.78 is 27.3. The van der Waals surface area contributed by atoms with Crippen LogP contribution in [0.2, 0.25) is 0 Å². The Hall–Kier alpha value is -2.19. The summed E-state index contributed by atoms with van der Waals surface area (Å²) in [6.07, 6.45) is 4.16. The number of nitrogens with zero attached hydrogens (tertiary/aromatic N) is 3. The summed E-state index contributed by atoms with van der Waals surface area (Å²) in [5.74, 6) is 0.653. The van der Waals surface area contributed by atoms with Gasteiger partial charge < -0.3 is 10.2 Å². The standard InChI is InChI=1S/C18H25N5O2S/c1-14-5-6-17(11-15(14)2)26(24,25)21-8-7-19-18-12-16(13-20-22-18)23-9-3-4-10-23/h5-6,11-13,21H,3-4,7-10H2,1-2H3,(H,19,22). The molecule has 0 bridgehead atoms. The molecule has 0 aliphatic carbocycles. The first-order valence-electron chi connectivity index (χ1n) is 8.84. The zero-order valence-electron chi connectivity index (χ0n) is 15.2. The van der Waals surface area contributed by atoms with Crippen LogP contribution in [0.5, 0.6) is 0 Å². The number of benzene rings is 1. The van der Waals surface area contributed by atoms with Crippen LogP contribution >= 0.6 is 0 Å². The quantitative estimate of drug-likeness (QED) is 0.721. The van der Waals surface area contributed by atoms with Gasteiger partial charge in [0.1, 0.15) is 0 Å². The third-order valence-electron chi connectivity index (χ3n) is 4.62. The van der Waals surface area contributed by atoms with Gasteiger partial charge in [0.2, 0.25) is 10.0 Å².